The number of carbonyl (C=O) groups is 2. The van der Waals surface area contributed by atoms with Crippen LogP contribution in [0.15, 0.2) is 46.4 Å². The molecule has 1 unspecified atom stereocenters. The maximum Gasteiger partial charge on any atom is 0.273 e. The molecule has 3 heterocycles. The van der Waals surface area contributed by atoms with E-state index in [0.717, 1.165) is 18.5 Å². The van der Waals surface area contributed by atoms with Gasteiger partial charge in [-0.05, 0) is 43.2 Å². The van der Waals surface area contributed by atoms with Gasteiger partial charge < -0.3 is 20.0 Å². The first-order valence-electron chi connectivity index (χ1n) is 9.76. The van der Waals surface area contributed by atoms with Gasteiger partial charge in [-0.15, -0.1) is 11.3 Å². The molecule has 2 aromatic heterocycles. The lowest BCUT2D eigenvalue weighted by atomic mass is 9.97. The van der Waals surface area contributed by atoms with Crippen LogP contribution in [0.5, 0.6) is 0 Å². The van der Waals surface area contributed by atoms with Gasteiger partial charge in [-0.3, -0.25) is 9.59 Å². The van der Waals surface area contributed by atoms with Crippen molar-refractivity contribution in [2.45, 2.75) is 19.4 Å². The summed E-state index contributed by atoms with van der Waals surface area (Å²) in [5.41, 5.74) is 1.08. The molecule has 7 nitrogen and oxygen atoms in total. The van der Waals surface area contributed by atoms with Crippen molar-refractivity contribution in [3.8, 4) is 0 Å². The number of benzene rings is 1. The molecule has 1 saturated heterocycles. The van der Waals surface area contributed by atoms with Crippen molar-refractivity contribution in [3.05, 3.63) is 63.5 Å². The molecular formula is C21H20Cl2N4O3S. The minimum absolute atomic E-state index is 0.0749. The number of aromatic nitrogens is 1. The summed E-state index contributed by atoms with van der Waals surface area (Å²) in [6.07, 6.45) is 3.08. The number of nitrogens with zero attached hydrogens (tertiary/aromatic N) is 2. The summed E-state index contributed by atoms with van der Waals surface area (Å²) in [4.78, 5) is 31.5. The number of furan rings is 1. The SMILES string of the molecule is O=C(NCc1ccco1)C1CCCN(C(=O)c2csc(Nc3ccc(Cl)c(Cl)c3)n2)C1. The molecule has 1 aliphatic rings. The van der Waals surface area contributed by atoms with Crippen LogP contribution in [0.4, 0.5) is 10.8 Å². The van der Waals surface area contributed by atoms with Gasteiger partial charge in [0.1, 0.15) is 11.5 Å². The van der Waals surface area contributed by atoms with Crippen LogP contribution in [0.1, 0.15) is 29.1 Å². The smallest absolute Gasteiger partial charge is 0.273 e. The second-order valence-corrected chi connectivity index (χ2v) is 8.85. The van der Waals surface area contributed by atoms with Crippen LogP contribution in [0.2, 0.25) is 10.0 Å². The van der Waals surface area contributed by atoms with Gasteiger partial charge >= 0.3 is 0 Å². The number of piperidine rings is 1. The summed E-state index contributed by atoms with van der Waals surface area (Å²) >= 11 is 13.3. The minimum atomic E-state index is -0.250. The molecule has 2 N–H and O–H groups in total. The quantitative estimate of drug-likeness (QED) is 0.522. The Labute approximate surface area is 193 Å². The van der Waals surface area contributed by atoms with Gasteiger partial charge in [-0.25, -0.2) is 4.98 Å². The Bertz CT molecular complexity index is 1070. The predicted octanol–water partition coefficient (Wildman–Crippen LogP) is 4.96. The van der Waals surface area contributed by atoms with Crippen molar-refractivity contribution in [2.24, 2.45) is 5.92 Å². The Morgan fingerprint density at radius 3 is 2.90 bits per heavy atom. The van der Waals surface area contributed by atoms with Crippen LogP contribution < -0.4 is 10.6 Å². The molecule has 3 aromatic rings. The maximum absolute atomic E-state index is 12.9. The highest BCUT2D eigenvalue weighted by Crippen LogP contribution is 2.28. The fourth-order valence-corrected chi connectivity index (χ4v) is 4.40. The number of likely N-dealkylation sites (tertiary alicyclic amines) is 1. The molecule has 10 heteroatoms. The molecule has 0 aliphatic carbocycles. The Morgan fingerprint density at radius 1 is 1.26 bits per heavy atom. The lowest BCUT2D eigenvalue weighted by molar-refractivity contribution is -0.126. The van der Waals surface area contributed by atoms with Gasteiger partial charge in [0.15, 0.2) is 5.13 Å². The summed E-state index contributed by atoms with van der Waals surface area (Å²) in [7, 11) is 0. The average Bonchev–Trinajstić information content (AvgIpc) is 3.46. The molecule has 2 amide bonds. The lowest BCUT2D eigenvalue weighted by Crippen LogP contribution is -2.45. The van der Waals surface area contributed by atoms with E-state index in [9.17, 15) is 9.59 Å². The normalized spacial score (nSPS) is 16.2. The molecule has 0 bridgehead atoms. The highest BCUT2D eigenvalue weighted by Gasteiger charge is 2.30. The van der Waals surface area contributed by atoms with Gasteiger partial charge in [0.25, 0.3) is 5.91 Å². The Kier molecular flexibility index (Phi) is 6.80. The second kappa shape index (κ2) is 9.72. The number of carbonyl (C=O) groups excluding carboxylic acids is 2. The topological polar surface area (TPSA) is 87.5 Å². The molecule has 1 atom stereocenters. The molecular weight excluding hydrogens is 459 g/mol. The van der Waals surface area contributed by atoms with Gasteiger partial charge in [-0.1, -0.05) is 23.2 Å². The van der Waals surface area contributed by atoms with E-state index in [-0.39, 0.29) is 17.7 Å². The number of amides is 2. The molecule has 1 aromatic carbocycles. The first-order valence-corrected chi connectivity index (χ1v) is 11.4. The first kappa shape index (κ1) is 21.7. The Morgan fingerprint density at radius 2 is 2.13 bits per heavy atom. The van der Waals surface area contributed by atoms with Crippen molar-refractivity contribution in [3.63, 3.8) is 0 Å². The standard InChI is InChI=1S/C21H20Cl2N4O3S/c22-16-6-5-14(9-17(16)23)25-21-26-18(12-31-21)20(29)27-7-1-3-13(11-27)19(28)24-10-15-4-2-8-30-15/h2,4-6,8-9,12-13H,1,3,7,10-11H2,(H,24,28)(H,25,26). The maximum atomic E-state index is 12.9. The van der Waals surface area contributed by atoms with Crippen molar-refractivity contribution < 1.29 is 14.0 Å². The lowest BCUT2D eigenvalue weighted by Gasteiger charge is -2.31. The van der Waals surface area contributed by atoms with E-state index < -0.39 is 0 Å². The van der Waals surface area contributed by atoms with E-state index in [1.54, 1.807) is 40.8 Å². The fourth-order valence-electron chi connectivity index (χ4n) is 3.40. The summed E-state index contributed by atoms with van der Waals surface area (Å²) in [6.45, 7) is 1.32. The zero-order chi connectivity index (χ0) is 21.8. The Hall–Kier alpha value is -2.55. The van der Waals surface area contributed by atoms with Crippen molar-refractivity contribution >= 4 is 57.2 Å². The number of hydrogen-bond acceptors (Lipinski definition) is 6. The zero-order valence-corrected chi connectivity index (χ0v) is 18.8. The summed E-state index contributed by atoms with van der Waals surface area (Å²) in [6, 6.07) is 8.76. The third-order valence-electron chi connectivity index (χ3n) is 4.99. The molecule has 162 valence electrons. The van der Waals surface area contributed by atoms with E-state index in [4.69, 9.17) is 27.6 Å². The van der Waals surface area contributed by atoms with Gasteiger partial charge in [0.2, 0.25) is 5.91 Å². The van der Waals surface area contributed by atoms with E-state index in [2.05, 4.69) is 15.6 Å². The third kappa shape index (κ3) is 5.39. The van der Waals surface area contributed by atoms with Crippen LogP contribution in [-0.4, -0.2) is 34.8 Å². The van der Waals surface area contributed by atoms with E-state index >= 15 is 0 Å². The monoisotopic (exact) mass is 478 g/mol. The molecule has 31 heavy (non-hydrogen) atoms. The largest absolute Gasteiger partial charge is 0.467 e. The third-order valence-corrected chi connectivity index (χ3v) is 6.49. The van der Waals surface area contributed by atoms with Crippen LogP contribution in [0, 0.1) is 5.92 Å². The molecule has 1 fully saturated rings. The van der Waals surface area contributed by atoms with E-state index in [0.29, 0.717) is 46.3 Å². The molecule has 0 spiro atoms. The fraction of sp³-hybridized carbons (Fsp3) is 0.286. The summed E-state index contributed by atoms with van der Waals surface area (Å²) in [5.74, 6) is 0.192. The van der Waals surface area contributed by atoms with Crippen LogP contribution in [-0.2, 0) is 11.3 Å². The van der Waals surface area contributed by atoms with Crippen molar-refractivity contribution in [1.29, 1.82) is 0 Å². The van der Waals surface area contributed by atoms with Crippen molar-refractivity contribution in [1.82, 2.24) is 15.2 Å². The van der Waals surface area contributed by atoms with Gasteiger partial charge in [0, 0.05) is 24.2 Å². The molecule has 0 saturated carbocycles. The van der Waals surface area contributed by atoms with Gasteiger partial charge in [0.05, 0.1) is 28.8 Å². The number of hydrogen-bond donors (Lipinski definition) is 2. The number of thiazole rings is 1. The minimum Gasteiger partial charge on any atom is -0.467 e. The van der Waals surface area contributed by atoms with E-state index in [1.807, 2.05) is 6.07 Å². The average molecular weight is 479 g/mol. The van der Waals surface area contributed by atoms with Crippen LogP contribution in [0.3, 0.4) is 0 Å². The summed E-state index contributed by atoms with van der Waals surface area (Å²) in [5, 5.41) is 9.20. The second-order valence-electron chi connectivity index (χ2n) is 7.18. The summed E-state index contributed by atoms with van der Waals surface area (Å²) < 4.78 is 5.24. The Balaban J connectivity index is 1.35. The van der Waals surface area contributed by atoms with Crippen molar-refractivity contribution in [2.75, 3.05) is 18.4 Å². The zero-order valence-electron chi connectivity index (χ0n) is 16.4. The molecule has 4 rings (SSSR count). The number of anilines is 2. The number of rotatable bonds is 6. The van der Waals surface area contributed by atoms with E-state index in [1.165, 1.54) is 11.3 Å². The highest BCUT2D eigenvalue weighted by atomic mass is 35.5. The molecule has 1 aliphatic heterocycles. The number of halogens is 2. The van der Waals surface area contributed by atoms with Gasteiger partial charge in [-0.2, -0.15) is 0 Å². The van der Waals surface area contributed by atoms with Crippen LogP contribution >= 0.6 is 34.5 Å². The number of nitrogens with one attached hydrogen (secondary N) is 2. The molecule has 0 radical (unpaired) electrons. The first-order chi connectivity index (χ1) is 15.0. The predicted molar refractivity (Wildman–Crippen MR) is 121 cm³/mol. The highest BCUT2D eigenvalue weighted by molar-refractivity contribution is 7.14. The van der Waals surface area contributed by atoms with Crippen LogP contribution in [0.25, 0.3) is 0 Å².